The lowest BCUT2D eigenvalue weighted by atomic mass is 10.2. The number of carbonyl (C=O) groups is 2. The lowest BCUT2D eigenvalue weighted by Gasteiger charge is -2.02. The number of nitrogens with zero attached hydrogens (tertiary/aromatic N) is 1. The molecule has 0 aliphatic rings. The highest BCUT2D eigenvalue weighted by Gasteiger charge is 2.08. The average Bonchev–Trinajstić information content (AvgIpc) is 2.27. The normalized spacial score (nSPS) is 9.71. The molecule has 90 valence electrons. The second kappa shape index (κ2) is 5.74. The summed E-state index contributed by atoms with van der Waals surface area (Å²) in [4.78, 5) is 31.7. The van der Waals surface area contributed by atoms with Crippen molar-refractivity contribution >= 4 is 17.4 Å². The van der Waals surface area contributed by atoms with Crippen LogP contribution in [0.2, 0.25) is 0 Å². The van der Waals surface area contributed by atoms with Crippen LogP contribution in [0.5, 0.6) is 5.75 Å². The number of esters is 1. The third-order valence-corrected chi connectivity index (χ3v) is 1.96. The van der Waals surface area contributed by atoms with Crippen molar-refractivity contribution in [3.8, 4) is 5.75 Å². The van der Waals surface area contributed by atoms with Crippen molar-refractivity contribution < 1.29 is 19.2 Å². The summed E-state index contributed by atoms with van der Waals surface area (Å²) in [6.45, 7) is 1.39. The Bertz CT molecular complexity index is 438. The van der Waals surface area contributed by atoms with Crippen LogP contribution in [-0.2, 0) is 9.59 Å². The minimum absolute atomic E-state index is 0.00627. The summed E-state index contributed by atoms with van der Waals surface area (Å²) < 4.78 is 4.89. The van der Waals surface area contributed by atoms with E-state index in [0.29, 0.717) is 0 Å². The van der Waals surface area contributed by atoms with Gasteiger partial charge >= 0.3 is 5.97 Å². The van der Waals surface area contributed by atoms with Gasteiger partial charge in [-0.1, -0.05) is 0 Å². The van der Waals surface area contributed by atoms with E-state index in [9.17, 15) is 19.7 Å². The van der Waals surface area contributed by atoms with E-state index in [1.165, 1.54) is 31.2 Å². The zero-order valence-corrected chi connectivity index (χ0v) is 9.21. The first-order chi connectivity index (χ1) is 7.99. The van der Waals surface area contributed by atoms with Gasteiger partial charge in [0.2, 0.25) is 0 Å². The molecule has 0 N–H and O–H groups in total. The van der Waals surface area contributed by atoms with Gasteiger partial charge in [0, 0.05) is 18.6 Å². The highest BCUT2D eigenvalue weighted by Crippen LogP contribution is 2.17. The van der Waals surface area contributed by atoms with Crippen molar-refractivity contribution in [1.82, 2.24) is 0 Å². The second-order valence-corrected chi connectivity index (χ2v) is 3.43. The lowest BCUT2D eigenvalue weighted by molar-refractivity contribution is -0.384. The molecule has 0 unspecified atom stereocenters. The molecule has 0 radical (unpaired) electrons. The Morgan fingerprint density at radius 3 is 2.29 bits per heavy atom. The number of hydrogen-bond acceptors (Lipinski definition) is 5. The molecule has 1 aromatic rings. The van der Waals surface area contributed by atoms with Crippen molar-refractivity contribution in [2.75, 3.05) is 0 Å². The van der Waals surface area contributed by atoms with E-state index in [1.54, 1.807) is 0 Å². The molecular weight excluding hydrogens is 226 g/mol. The standard InChI is InChI=1S/C11H11NO5/c1-8(13)2-7-11(14)17-10-5-3-9(4-6-10)12(15)16/h3-6H,2,7H2,1H3. The van der Waals surface area contributed by atoms with Crippen molar-refractivity contribution in [2.45, 2.75) is 19.8 Å². The number of hydrogen-bond donors (Lipinski definition) is 0. The predicted octanol–water partition coefficient (Wildman–Crippen LogP) is 1.87. The molecule has 0 amide bonds. The number of carbonyl (C=O) groups excluding carboxylic acids is 2. The van der Waals surface area contributed by atoms with E-state index < -0.39 is 10.9 Å². The van der Waals surface area contributed by atoms with Crippen LogP contribution in [0.15, 0.2) is 24.3 Å². The first-order valence-corrected chi connectivity index (χ1v) is 4.93. The molecule has 0 spiro atoms. The van der Waals surface area contributed by atoms with E-state index >= 15 is 0 Å². The van der Waals surface area contributed by atoms with Crippen molar-refractivity contribution in [3.05, 3.63) is 34.4 Å². The van der Waals surface area contributed by atoms with Crippen LogP contribution in [0.1, 0.15) is 19.8 Å². The highest BCUT2D eigenvalue weighted by molar-refractivity contribution is 5.81. The molecule has 1 rings (SSSR count). The van der Waals surface area contributed by atoms with Gasteiger partial charge in [-0.2, -0.15) is 0 Å². The molecule has 0 aliphatic heterocycles. The number of rotatable bonds is 5. The number of nitro benzene ring substituents is 1. The van der Waals surface area contributed by atoms with E-state index in [0.717, 1.165) is 0 Å². The summed E-state index contributed by atoms with van der Waals surface area (Å²) in [6.07, 6.45) is 0.137. The van der Waals surface area contributed by atoms with E-state index in [4.69, 9.17) is 4.74 Å². The summed E-state index contributed by atoms with van der Waals surface area (Å²) in [5.41, 5.74) is -0.0754. The zero-order chi connectivity index (χ0) is 12.8. The Labute approximate surface area is 97.3 Å². The van der Waals surface area contributed by atoms with Crippen LogP contribution in [0.25, 0.3) is 0 Å². The van der Waals surface area contributed by atoms with Crippen LogP contribution >= 0.6 is 0 Å². The second-order valence-electron chi connectivity index (χ2n) is 3.43. The van der Waals surface area contributed by atoms with Gasteiger partial charge in [-0.3, -0.25) is 14.9 Å². The molecule has 0 atom stereocenters. The Hall–Kier alpha value is -2.24. The molecule has 17 heavy (non-hydrogen) atoms. The Kier molecular flexibility index (Phi) is 4.33. The third-order valence-electron chi connectivity index (χ3n) is 1.96. The monoisotopic (exact) mass is 237 g/mol. The maximum atomic E-state index is 11.2. The fraction of sp³-hybridized carbons (Fsp3) is 0.273. The minimum atomic E-state index is -0.540. The van der Waals surface area contributed by atoms with Crippen LogP contribution in [0, 0.1) is 10.1 Å². The number of ether oxygens (including phenoxy) is 1. The van der Waals surface area contributed by atoms with Gasteiger partial charge in [0.05, 0.1) is 11.3 Å². The molecule has 0 heterocycles. The topological polar surface area (TPSA) is 86.5 Å². The Balaban J connectivity index is 2.54. The van der Waals surface area contributed by atoms with Gasteiger partial charge in [0.1, 0.15) is 11.5 Å². The summed E-state index contributed by atoms with van der Waals surface area (Å²) in [6, 6.07) is 5.16. The largest absolute Gasteiger partial charge is 0.427 e. The van der Waals surface area contributed by atoms with E-state index in [2.05, 4.69) is 0 Å². The number of benzene rings is 1. The maximum Gasteiger partial charge on any atom is 0.311 e. The lowest BCUT2D eigenvalue weighted by Crippen LogP contribution is -2.09. The molecular formula is C11H11NO5. The molecule has 0 saturated carbocycles. The zero-order valence-electron chi connectivity index (χ0n) is 9.21. The molecule has 6 nitrogen and oxygen atoms in total. The van der Waals surface area contributed by atoms with Gasteiger partial charge < -0.3 is 9.53 Å². The average molecular weight is 237 g/mol. The van der Waals surface area contributed by atoms with Crippen LogP contribution in [0.4, 0.5) is 5.69 Å². The van der Waals surface area contributed by atoms with Crippen LogP contribution in [0.3, 0.4) is 0 Å². The van der Waals surface area contributed by atoms with Crippen LogP contribution in [-0.4, -0.2) is 16.7 Å². The summed E-state index contributed by atoms with van der Waals surface area (Å²) in [5.74, 6) is -0.399. The molecule has 0 bridgehead atoms. The van der Waals surface area contributed by atoms with Crippen molar-refractivity contribution in [3.63, 3.8) is 0 Å². The smallest absolute Gasteiger partial charge is 0.311 e. The third kappa shape index (κ3) is 4.42. The predicted molar refractivity (Wildman–Crippen MR) is 58.6 cm³/mol. The Morgan fingerprint density at radius 1 is 1.24 bits per heavy atom. The molecule has 0 aromatic heterocycles. The molecule has 0 aliphatic carbocycles. The van der Waals surface area contributed by atoms with Gasteiger partial charge in [-0.15, -0.1) is 0 Å². The van der Waals surface area contributed by atoms with Crippen molar-refractivity contribution in [2.24, 2.45) is 0 Å². The molecule has 0 saturated heterocycles. The SMILES string of the molecule is CC(=O)CCC(=O)Oc1ccc([N+](=O)[O-])cc1. The number of nitro groups is 1. The fourth-order valence-electron chi connectivity index (χ4n) is 1.10. The van der Waals surface area contributed by atoms with Gasteiger partial charge in [0.15, 0.2) is 0 Å². The fourth-order valence-corrected chi connectivity index (χ4v) is 1.10. The minimum Gasteiger partial charge on any atom is -0.427 e. The number of ketones is 1. The molecule has 1 aromatic carbocycles. The molecule has 6 heteroatoms. The Morgan fingerprint density at radius 2 is 1.82 bits per heavy atom. The van der Waals surface area contributed by atoms with Gasteiger partial charge in [-0.25, -0.2) is 0 Å². The van der Waals surface area contributed by atoms with Crippen molar-refractivity contribution in [1.29, 1.82) is 0 Å². The first-order valence-electron chi connectivity index (χ1n) is 4.93. The first kappa shape index (κ1) is 12.8. The quantitative estimate of drug-likeness (QED) is 0.337. The maximum absolute atomic E-state index is 11.2. The highest BCUT2D eigenvalue weighted by atomic mass is 16.6. The van der Waals surface area contributed by atoms with E-state index in [-0.39, 0.29) is 30.1 Å². The summed E-state index contributed by atoms with van der Waals surface area (Å²) >= 11 is 0. The molecule has 0 fully saturated rings. The van der Waals surface area contributed by atoms with Gasteiger partial charge in [-0.05, 0) is 19.1 Å². The number of non-ortho nitro benzene ring substituents is 1. The summed E-state index contributed by atoms with van der Waals surface area (Å²) in [7, 11) is 0. The number of Topliss-reactive ketones (excluding diaryl/α,β-unsaturated/α-hetero) is 1. The van der Waals surface area contributed by atoms with E-state index in [1.807, 2.05) is 0 Å². The van der Waals surface area contributed by atoms with Crippen LogP contribution < -0.4 is 4.74 Å². The van der Waals surface area contributed by atoms with Gasteiger partial charge in [0.25, 0.3) is 5.69 Å². The summed E-state index contributed by atoms with van der Waals surface area (Å²) in [5, 5.41) is 10.4.